The molecule has 0 aromatic carbocycles. The lowest BCUT2D eigenvalue weighted by molar-refractivity contribution is 0.199. The molecule has 28 heavy (non-hydrogen) atoms. The van der Waals surface area contributed by atoms with Gasteiger partial charge in [0.25, 0.3) is 0 Å². The first-order valence-corrected chi connectivity index (χ1v) is 10.3. The van der Waals surface area contributed by atoms with Gasteiger partial charge in [-0.15, -0.1) is 0 Å². The van der Waals surface area contributed by atoms with E-state index in [9.17, 15) is 18.3 Å². The van der Waals surface area contributed by atoms with Crippen LogP contribution in [-0.4, -0.2) is 47.0 Å². The van der Waals surface area contributed by atoms with E-state index >= 15 is 0 Å². The summed E-state index contributed by atoms with van der Waals surface area (Å²) >= 11 is 0. The van der Waals surface area contributed by atoms with E-state index in [4.69, 9.17) is 10.3 Å². The Morgan fingerprint density at radius 1 is 1.50 bits per heavy atom. The van der Waals surface area contributed by atoms with Crippen LogP contribution in [0.2, 0.25) is 0 Å². The number of hydrogen-bond donors (Lipinski definition) is 2. The van der Waals surface area contributed by atoms with Crippen molar-refractivity contribution < 1.29 is 23.1 Å². The topological polar surface area (TPSA) is 167 Å². The molecule has 3 aliphatic rings. The summed E-state index contributed by atoms with van der Waals surface area (Å²) in [6.07, 6.45) is 1.48. The molecule has 11 nitrogen and oxygen atoms in total. The fourth-order valence-electron chi connectivity index (χ4n) is 4.34. The summed E-state index contributed by atoms with van der Waals surface area (Å²) in [5.74, 6) is 0.132. The standard InChI is InChI=1S/C16H18N6O5S/c1-15-10-7-9(21-22-17)8-18-12(10)27-6-3-11(15)28(25,26)16(4-2-5-16)13(20-15)19-14(23)24/h7-8,11H,2-6H2,1H3,(H,19,20)(H,23,24)/t11-,15-/m1/s1. The number of hydrogen-bond acceptors (Lipinski definition) is 7. The Balaban J connectivity index is 2.00. The lowest BCUT2D eigenvalue weighted by Crippen LogP contribution is -2.66. The second-order valence-corrected chi connectivity index (χ2v) is 9.73. The Morgan fingerprint density at radius 3 is 2.86 bits per heavy atom. The second kappa shape index (κ2) is 6.08. The normalized spacial score (nSPS) is 28.9. The molecule has 2 N–H and O–H groups in total. The first kappa shape index (κ1) is 18.5. The summed E-state index contributed by atoms with van der Waals surface area (Å²) in [6, 6.07) is 1.50. The van der Waals surface area contributed by atoms with Gasteiger partial charge in [-0.25, -0.2) is 18.2 Å². The van der Waals surface area contributed by atoms with Gasteiger partial charge in [-0.2, -0.15) is 0 Å². The van der Waals surface area contributed by atoms with Gasteiger partial charge in [-0.3, -0.25) is 10.3 Å². The molecule has 0 bridgehead atoms. The number of azide groups is 1. The number of fused-ring (bicyclic) bond motifs is 3. The summed E-state index contributed by atoms with van der Waals surface area (Å²) in [5, 5.41) is 14.1. The molecule has 4 rings (SSSR count). The van der Waals surface area contributed by atoms with Crippen LogP contribution in [0.4, 0.5) is 10.5 Å². The Hall–Kier alpha value is -2.85. The van der Waals surface area contributed by atoms with Crippen molar-refractivity contribution in [3.05, 3.63) is 28.3 Å². The average Bonchev–Trinajstić information content (AvgIpc) is 2.70. The molecular weight excluding hydrogens is 388 g/mol. The Morgan fingerprint density at radius 2 is 2.25 bits per heavy atom. The predicted molar refractivity (Wildman–Crippen MR) is 98.4 cm³/mol. The summed E-state index contributed by atoms with van der Waals surface area (Å²) in [4.78, 5) is 22.9. The quantitative estimate of drug-likeness (QED) is 0.412. The SMILES string of the molecule is C[C@]12N=C(NC(=O)O)C3(CCC3)S(=O)(=O)[C@@H]1CCOc1ncc(N=[N+]=[N-])cc12. The number of pyridine rings is 1. The van der Waals surface area contributed by atoms with Crippen LogP contribution in [0.25, 0.3) is 10.4 Å². The minimum atomic E-state index is -3.80. The fraction of sp³-hybridized carbons (Fsp3) is 0.562. The van der Waals surface area contributed by atoms with Gasteiger partial charge in [0.15, 0.2) is 9.84 Å². The summed E-state index contributed by atoms with van der Waals surface area (Å²) in [7, 11) is -3.80. The number of nitrogens with zero attached hydrogens (tertiary/aromatic N) is 5. The molecule has 1 amide bonds. The molecule has 2 aliphatic heterocycles. The molecule has 3 heterocycles. The van der Waals surface area contributed by atoms with Gasteiger partial charge in [-0.1, -0.05) is 5.11 Å². The minimum absolute atomic E-state index is 0.0629. The monoisotopic (exact) mass is 406 g/mol. The van der Waals surface area contributed by atoms with Gasteiger partial charge < -0.3 is 9.84 Å². The Kier molecular flexibility index (Phi) is 4.02. The van der Waals surface area contributed by atoms with Crippen molar-refractivity contribution in [3.63, 3.8) is 0 Å². The van der Waals surface area contributed by atoms with E-state index in [1.165, 1.54) is 12.3 Å². The highest BCUT2D eigenvalue weighted by atomic mass is 32.2. The van der Waals surface area contributed by atoms with E-state index in [2.05, 4.69) is 25.3 Å². The number of rotatable bonds is 1. The van der Waals surface area contributed by atoms with E-state index in [0.717, 1.165) is 0 Å². The molecule has 12 heteroatoms. The smallest absolute Gasteiger partial charge is 0.410 e. The largest absolute Gasteiger partial charge is 0.477 e. The van der Waals surface area contributed by atoms with Crippen LogP contribution in [0.1, 0.15) is 38.2 Å². The number of carbonyl (C=O) groups is 1. The first-order valence-electron chi connectivity index (χ1n) is 8.77. The Labute approximate surface area is 160 Å². The molecular formula is C16H18N6O5S. The zero-order valence-corrected chi connectivity index (χ0v) is 15.8. The third-order valence-electron chi connectivity index (χ3n) is 5.87. The van der Waals surface area contributed by atoms with Crippen LogP contribution < -0.4 is 10.1 Å². The van der Waals surface area contributed by atoms with Gasteiger partial charge in [0.2, 0.25) is 5.88 Å². The zero-order valence-electron chi connectivity index (χ0n) is 15.0. The maximum Gasteiger partial charge on any atom is 0.410 e. The second-order valence-electron chi connectivity index (χ2n) is 7.29. The summed E-state index contributed by atoms with van der Waals surface area (Å²) in [5.41, 5.74) is 7.91. The number of sulfone groups is 1. The van der Waals surface area contributed by atoms with Crippen LogP contribution in [-0.2, 0) is 15.4 Å². The fourth-order valence-corrected chi connectivity index (χ4v) is 7.29. The molecule has 1 fully saturated rings. The molecule has 0 unspecified atom stereocenters. The third kappa shape index (κ3) is 2.38. The van der Waals surface area contributed by atoms with E-state index in [-0.39, 0.29) is 30.4 Å². The van der Waals surface area contributed by atoms with Crippen molar-refractivity contribution in [1.82, 2.24) is 10.3 Å². The maximum atomic E-state index is 13.6. The van der Waals surface area contributed by atoms with Crippen LogP contribution >= 0.6 is 0 Å². The minimum Gasteiger partial charge on any atom is -0.477 e. The van der Waals surface area contributed by atoms with Gasteiger partial charge in [-0.05, 0) is 37.8 Å². The number of aromatic nitrogens is 1. The molecule has 1 aromatic heterocycles. The molecule has 0 saturated heterocycles. The lowest BCUT2D eigenvalue weighted by Gasteiger charge is -2.50. The number of nitrogens with one attached hydrogen (secondary N) is 1. The van der Waals surface area contributed by atoms with Crippen LogP contribution in [0.3, 0.4) is 0 Å². The van der Waals surface area contributed by atoms with E-state index in [1.54, 1.807) is 6.92 Å². The highest BCUT2D eigenvalue weighted by Gasteiger charge is 2.64. The van der Waals surface area contributed by atoms with Crippen molar-refractivity contribution >= 4 is 27.5 Å². The molecule has 1 aliphatic carbocycles. The van der Waals surface area contributed by atoms with Crippen LogP contribution in [0, 0.1) is 0 Å². The predicted octanol–water partition coefficient (Wildman–Crippen LogP) is 2.41. The first-order chi connectivity index (χ1) is 13.2. The molecule has 0 radical (unpaired) electrons. The van der Waals surface area contributed by atoms with E-state index < -0.39 is 31.5 Å². The zero-order chi connectivity index (χ0) is 20.2. The van der Waals surface area contributed by atoms with Crippen molar-refractivity contribution in [1.29, 1.82) is 0 Å². The Bertz CT molecular complexity index is 1040. The highest BCUT2D eigenvalue weighted by molar-refractivity contribution is 7.94. The van der Waals surface area contributed by atoms with E-state index in [0.29, 0.717) is 24.8 Å². The number of amides is 1. The molecule has 2 atom stereocenters. The lowest BCUT2D eigenvalue weighted by atomic mass is 9.81. The van der Waals surface area contributed by atoms with Gasteiger partial charge >= 0.3 is 6.09 Å². The van der Waals surface area contributed by atoms with Gasteiger partial charge in [0.05, 0.1) is 17.5 Å². The van der Waals surface area contributed by atoms with Gasteiger partial charge in [0, 0.05) is 23.1 Å². The van der Waals surface area contributed by atoms with Crippen LogP contribution in [0.15, 0.2) is 22.4 Å². The summed E-state index contributed by atoms with van der Waals surface area (Å²) < 4.78 is 31.6. The van der Waals surface area contributed by atoms with Crippen LogP contribution in [0.5, 0.6) is 5.88 Å². The maximum absolute atomic E-state index is 13.6. The highest BCUT2D eigenvalue weighted by Crippen LogP contribution is 2.53. The molecule has 1 aromatic rings. The van der Waals surface area contributed by atoms with Crippen molar-refractivity contribution in [3.8, 4) is 5.88 Å². The molecule has 1 saturated carbocycles. The molecule has 1 spiro atoms. The third-order valence-corrected chi connectivity index (χ3v) is 9.00. The number of aliphatic imine (C=N–C) groups is 1. The summed E-state index contributed by atoms with van der Waals surface area (Å²) in [6.45, 7) is 1.76. The number of ether oxygens (including phenoxy) is 1. The number of carboxylic acid groups (broad SMARTS) is 1. The molecule has 148 valence electrons. The van der Waals surface area contributed by atoms with Crippen molar-refractivity contribution in [2.45, 2.75) is 48.1 Å². The van der Waals surface area contributed by atoms with E-state index in [1.807, 2.05) is 0 Å². The average molecular weight is 406 g/mol. The van der Waals surface area contributed by atoms with Crippen molar-refractivity contribution in [2.24, 2.45) is 10.1 Å². The number of amidine groups is 1. The van der Waals surface area contributed by atoms with Gasteiger partial charge in [0.1, 0.15) is 16.1 Å². The van der Waals surface area contributed by atoms with Crippen molar-refractivity contribution in [2.75, 3.05) is 6.61 Å².